The van der Waals surface area contributed by atoms with E-state index in [9.17, 15) is 9.18 Å². The number of piperidine rings is 1. The van der Waals surface area contributed by atoms with Crippen LogP contribution in [-0.4, -0.2) is 56.5 Å². The third-order valence-electron chi connectivity index (χ3n) is 6.17. The summed E-state index contributed by atoms with van der Waals surface area (Å²) in [4.78, 5) is 23.0. The molecular weight excluding hydrogens is 397 g/mol. The van der Waals surface area contributed by atoms with E-state index in [0.29, 0.717) is 36.1 Å². The lowest BCUT2D eigenvalue weighted by Crippen LogP contribution is -2.50. The molecule has 9 heteroatoms. The third kappa shape index (κ3) is 3.40. The van der Waals surface area contributed by atoms with E-state index < -0.39 is 5.82 Å². The highest BCUT2D eigenvalue weighted by molar-refractivity contribution is 5.97. The minimum atomic E-state index is -0.619. The van der Waals surface area contributed by atoms with Crippen molar-refractivity contribution in [2.24, 2.45) is 5.92 Å². The number of halogens is 1. The van der Waals surface area contributed by atoms with Gasteiger partial charge in [-0.05, 0) is 30.9 Å². The SMILES string of the molecule is N#Cc1cc(N2CC[C@@H]3CCN(C(=O)c4ccccc4-n4nccn4)C[C@@H]32)ncc1F. The van der Waals surface area contributed by atoms with E-state index in [0.717, 1.165) is 25.6 Å². The number of carbonyl (C=O) groups excluding carboxylic acids is 1. The molecule has 156 valence electrons. The average molecular weight is 417 g/mol. The second-order valence-corrected chi connectivity index (χ2v) is 7.82. The van der Waals surface area contributed by atoms with Crippen LogP contribution >= 0.6 is 0 Å². The van der Waals surface area contributed by atoms with Crippen LogP contribution in [0.3, 0.4) is 0 Å². The van der Waals surface area contributed by atoms with Gasteiger partial charge in [-0.25, -0.2) is 9.37 Å². The fourth-order valence-electron chi connectivity index (χ4n) is 4.62. The molecule has 2 aliphatic heterocycles. The summed E-state index contributed by atoms with van der Waals surface area (Å²) in [5.74, 6) is 0.333. The number of likely N-dealkylation sites (tertiary alicyclic amines) is 1. The van der Waals surface area contributed by atoms with Crippen LogP contribution in [0.1, 0.15) is 28.8 Å². The van der Waals surface area contributed by atoms with Gasteiger partial charge in [-0.2, -0.15) is 20.3 Å². The lowest BCUT2D eigenvalue weighted by molar-refractivity contribution is 0.0678. The second kappa shape index (κ2) is 7.80. The van der Waals surface area contributed by atoms with Gasteiger partial charge in [0.25, 0.3) is 5.91 Å². The zero-order valence-electron chi connectivity index (χ0n) is 16.7. The van der Waals surface area contributed by atoms with E-state index >= 15 is 0 Å². The number of nitriles is 1. The summed E-state index contributed by atoms with van der Waals surface area (Å²) in [6, 6.07) is 10.8. The summed E-state index contributed by atoms with van der Waals surface area (Å²) in [7, 11) is 0. The number of amides is 1. The van der Waals surface area contributed by atoms with E-state index in [1.807, 2.05) is 29.2 Å². The lowest BCUT2D eigenvalue weighted by atomic mass is 9.91. The Morgan fingerprint density at radius 3 is 2.74 bits per heavy atom. The maximum absolute atomic E-state index is 13.7. The summed E-state index contributed by atoms with van der Waals surface area (Å²) in [5.41, 5.74) is 1.17. The molecule has 2 saturated heterocycles. The van der Waals surface area contributed by atoms with Crippen LogP contribution in [0.5, 0.6) is 0 Å². The molecule has 4 heterocycles. The molecule has 0 unspecified atom stereocenters. The Morgan fingerprint density at radius 1 is 1.16 bits per heavy atom. The molecule has 0 aliphatic carbocycles. The quantitative estimate of drug-likeness (QED) is 0.650. The number of rotatable bonds is 3. The number of hydrogen-bond acceptors (Lipinski definition) is 6. The van der Waals surface area contributed by atoms with Crippen LogP contribution in [0, 0.1) is 23.1 Å². The normalized spacial score (nSPS) is 20.4. The van der Waals surface area contributed by atoms with Gasteiger partial charge in [-0.3, -0.25) is 4.79 Å². The number of para-hydroxylation sites is 1. The first kappa shape index (κ1) is 19.2. The largest absolute Gasteiger partial charge is 0.352 e. The maximum atomic E-state index is 13.7. The summed E-state index contributed by atoms with van der Waals surface area (Å²) >= 11 is 0. The van der Waals surface area contributed by atoms with Gasteiger partial charge in [0.05, 0.1) is 41.4 Å². The number of nitrogens with zero attached hydrogens (tertiary/aromatic N) is 7. The molecule has 1 aromatic carbocycles. The molecule has 2 aliphatic rings. The molecule has 0 saturated carbocycles. The first-order valence-electron chi connectivity index (χ1n) is 10.2. The Morgan fingerprint density at radius 2 is 1.94 bits per heavy atom. The molecule has 2 aromatic heterocycles. The molecule has 2 atom stereocenters. The van der Waals surface area contributed by atoms with E-state index in [2.05, 4.69) is 20.1 Å². The highest BCUT2D eigenvalue weighted by atomic mass is 19.1. The minimum absolute atomic E-state index is 0.0159. The van der Waals surface area contributed by atoms with Crippen LogP contribution in [0.25, 0.3) is 5.69 Å². The topological polar surface area (TPSA) is 90.9 Å². The van der Waals surface area contributed by atoms with E-state index in [1.54, 1.807) is 18.5 Å². The molecule has 3 aromatic rings. The summed E-state index contributed by atoms with van der Waals surface area (Å²) in [6.07, 6.45) is 6.13. The summed E-state index contributed by atoms with van der Waals surface area (Å²) in [6.45, 7) is 2.00. The van der Waals surface area contributed by atoms with Crippen LogP contribution in [-0.2, 0) is 0 Å². The van der Waals surface area contributed by atoms with Crippen molar-refractivity contribution in [1.29, 1.82) is 5.26 Å². The Kier molecular flexibility index (Phi) is 4.82. The number of carbonyl (C=O) groups is 1. The number of benzene rings is 1. The Bertz CT molecular complexity index is 1160. The van der Waals surface area contributed by atoms with Gasteiger partial charge in [-0.1, -0.05) is 12.1 Å². The predicted octanol–water partition coefficient (Wildman–Crippen LogP) is 2.41. The van der Waals surface area contributed by atoms with Crippen molar-refractivity contribution in [2.75, 3.05) is 24.5 Å². The van der Waals surface area contributed by atoms with Crippen molar-refractivity contribution in [1.82, 2.24) is 24.9 Å². The number of aromatic nitrogens is 4. The molecule has 31 heavy (non-hydrogen) atoms. The maximum Gasteiger partial charge on any atom is 0.256 e. The molecule has 5 rings (SSSR count). The second-order valence-electron chi connectivity index (χ2n) is 7.82. The predicted molar refractivity (Wildman–Crippen MR) is 110 cm³/mol. The first-order valence-corrected chi connectivity index (χ1v) is 10.2. The van der Waals surface area contributed by atoms with Gasteiger partial charge in [0.15, 0.2) is 5.82 Å². The average Bonchev–Trinajstić information content (AvgIpc) is 3.49. The molecule has 2 fully saturated rings. The first-order chi connectivity index (χ1) is 15.2. The van der Waals surface area contributed by atoms with E-state index in [1.165, 1.54) is 10.9 Å². The van der Waals surface area contributed by atoms with Crippen molar-refractivity contribution in [2.45, 2.75) is 18.9 Å². The number of pyridine rings is 1. The molecular formula is C22H20FN7O. The van der Waals surface area contributed by atoms with Gasteiger partial charge in [0.2, 0.25) is 0 Å². The van der Waals surface area contributed by atoms with Gasteiger partial charge >= 0.3 is 0 Å². The number of fused-ring (bicyclic) bond motifs is 1. The Labute approximate surface area is 178 Å². The fraction of sp³-hybridized carbons (Fsp3) is 0.318. The molecule has 0 bridgehead atoms. The van der Waals surface area contributed by atoms with Crippen molar-refractivity contribution in [3.63, 3.8) is 0 Å². The third-order valence-corrected chi connectivity index (χ3v) is 6.17. The van der Waals surface area contributed by atoms with E-state index in [4.69, 9.17) is 5.26 Å². The monoisotopic (exact) mass is 417 g/mol. The van der Waals surface area contributed by atoms with Crippen molar-refractivity contribution in [3.8, 4) is 11.8 Å². The van der Waals surface area contributed by atoms with Crippen molar-refractivity contribution < 1.29 is 9.18 Å². The molecule has 0 radical (unpaired) electrons. The van der Waals surface area contributed by atoms with Crippen molar-refractivity contribution >= 4 is 11.7 Å². The fourth-order valence-corrected chi connectivity index (χ4v) is 4.62. The zero-order valence-corrected chi connectivity index (χ0v) is 16.7. The molecule has 1 amide bonds. The minimum Gasteiger partial charge on any atom is -0.352 e. The van der Waals surface area contributed by atoms with E-state index in [-0.39, 0.29) is 17.5 Å². The smallest absolute Gasteiger partial charge is 0.256 e. The standard InChI is InChI=1S/C22H20FN7O/c23-18-13-25-21(11-16(18)12-24)29-10-6-15-5-9-28(14-20(15)29)22(31)17-3-1-2-4-19(17)30-26-7-8-27-30/h1-4,7-8,11,13,15,20H,5-6,9-10,14H2/t15-,20-/m0/s1. The molecule has 8 nitrogen and oxygen atoms in total. The van der Waals surface area contributed by atoms with Crippen molar-refractivity contribution in [3.05, 3.63) is 65.9 Å². The molecule has 0 N–H and O–H groups in total. The van der Waals surface area contributed by atoms with Gasteiger partial charge in [0, 0.05) is 25.7 Å². The number of hydrogen-bond donors (Lipinski definition) is 0. The molecule has 0 spiro atoms. The Hall–Kier alpha value is -3.80. The Balaban J connectivity index is 1.41. The highest BCUT2D eigenvalue weighted by Crippen LogP contribution is 2.35. The number of anilines is 1. The summed E-state index contributed by atoms with van der Waals surface area (Å²) < 4.78 is 13.7. The van der Waals surface area contributed by atoms with Gasteiger partial charge in [0.1, 0.15) is 11.9 Å². The zero-order chi connectivity index (χ0) is 21.4. The van der Waals surface area contributed by atoms with Gasteiger partial charge < -0.3 is 9.80 Å². The van der Waals surface area contributed by atoms with Crippen LogP contribution < -0.4 is 4.90 Å². The summed E-state index contributed by atoms with van der Waals surface area (Å²) in [5, 5.41) is 17.5. The van der Waals surface area contributed by atoms with Gasteiger partial charge in [-0.15, -0.1) is 0 Å². The van der Waals surface area contributed by atoms with Crippen LogP contribution in [0.2, 0.25) is 0 Å². The highest BCUT2D eigenvalue weighted by Gasteiger charge is 2.40. The van der Waals surface area contributed by atoms with Crippen LogP contribution in [0.4, 0.5) is 10.2 Å². The van der Waals surface area contributed by atoms with Crippen LogP contribution in [0.15, 0.2) is 48.9 Å². The lowest BCUT2D eigenvalue weighted by Gasteiger charge is -2.39.